The zero-order valence-electron chi connectivity index (χ0n) is 19.2. The Bertz CT molecular complexity index is 1130. The number of nitrogens with one attached hydrogen (secondary N) is 1. The van der Waals surface area contributed by atoms with E-state index in [2.05, 4.69) is 4.72 Å². The van der Waals surface area contributed by atoms with Crippen molar-refractivity contribution in [1.82, 2.24) is 9.62 Å². The number of benzene rings is 2. The Morgan fingerprint density at radius 1 is 1.06 bits per heavy atom. The highest BCUT2D eigenvalue weighted by Gasteiger charge is 2.33. The number of sulfonamides is 1. The lowest BCUT2D eigenvalue weighted by atomic mass is 10.0. The monoisotopic (exact) mass is 469 g/mol. The van der Waals surface area contributed by atoms with Crippen molar-refractivity contribution in [3.63, 3.8) is 0 Å². The van der Waals surface area contributed by atoms with E-state index < -0.39 is 16.1 Å². The summed E-state index contributed by atoms with van der Waals surface area (Å²) in [6.07, 6.45) is 3.84. The second-order valence-electron chi connectivity index (χ2n) is 8.98. The molecule has 2 atom stereocenters. The van der Waals surface area contributed by atoms with Crippen LogP contribution in [0, 0.1) is 0 Å². The van der Waals surface area contributed by atoms with Gasteiger partial charge in [-0.05, 0) is 68.4 Å². The molecule has 4 rings (SSSR count). The van der Waals surface area contributed by atoms with Crippen molar-refractivity contribution in [3.8, 4) is 0 Å². The Labute approximate surface area is 195 Å². The number of likely N-dealkylation sites (tertiary alicyclic amines) is 1. The first kappa shape index (κ1) is 23.4. The summed E-state index contributed by atoms with van der Waals surface area (Å²) < 4.78 is 29.4. The van der Waals surface area contributed by atoms with Crippen LogP contribution < -0.4 is 9.62 Å². The standard InChI is InChI=1S/C25H31N3O4S/c1-18-15-21-17-22(11-12-24(21)28(18)19(2)29)33(31,32)26-23(16-20-9-5-3-6-10-20)25(30)27-13-7-4-8-14-27/h3,5-6,9-12,17-18,23,26H,4,7-8,13-16H2,1-2H3. The molecule has 1 N–H and O–H groups in total. The van der Waals surface area contributed by atoms with Crippen LogP contribution in [0.1, 0.15) is 44.2 Å². The number of piperidine rings is 1. The Kier molecular flexibility index (Phi) is 6.86. The third-order valence-electron chi connectivity index (χ3n) is 6.46. The zero-order chi connectivity index (χ0) is 23.6. The van der Waals surface area contributed by atoms with Crippen molar-refractivity contribution in [1.29, 1.82) is 0 Å². The van der Waals surface area contributed by atoms with Crippen molar-refractivity contribution < 1.29 is 18.0 Å². The summed E-state index contributed by atoms with van der Waals surface area (Å²) in [6, 6.07) is 13.4. The second-order valence-corrected chi connectivity index (χ2v) is 10.7. The number of anilines is 1. The van der Waals surface area contributed by atoms with Gasteiger partial charge in [0, 0.05) is 31.7 Å². The highest BCUT2D eigenvalue weighted by Crippen LogP contribution is 2.34. The molecule has 0 aromatic heterocycles. The summed E-state index contributed by atoms with van der Waals surface area (Å²) in [7, 11) is -3.94. The number of nitrogens with zero attached hydrogens (tertiary/aromatic N) is 2. The lowest BCUT2D eigenvalue weighted by molar-refractivity contribution is -0.133. The molecule has 176 valence electrons. The highest BCUT2D eigenvalue weighted by atomic mass is 32.2. The third kappa shape index (κ3) is 5.12. The van der Waals surface area contributed by atoms with Gasteiger partial charge in [-0.3, -0.25) is 9.59 Å². The minimum absolute atomic E-state index is 0.0186. The molecule has 0 spiro atoms. The molecule has 8 heteroatoms. The molecule has 2 amide bonds. The highest BCUT2D eigenvalue weighted by molar-refractivity contribution is 7.89. The smallest absolute Gasteiger partial charge is 0.241 e. The van der Waals surface area contributed by atoms with Crippen LogP contribution in [0.4, 0.5) is 5.69 Å². The number of rotatable bonds is 6. The first-order valence-electron chi connectivity index (χ1n) is 11.5. The zero-order valence-corrected chi connectivity index (χ0v) is 20.0. The molecule has 7 nitrogen and oxygen atoms in total. The average Bonchev–Trinajstić information content (AvgIpc) is 3.14. The molecule has 2 unspecified atom stereocenters. The minimum atomic E-state index is -3.94. The van der Waals surface area contributed by atoms with E-state index in [4.69, 9.17) is 0 Å². The van der Waals surface area contributed by atoms with E-state index in [1.807, 2.05) is 37.3 Å². The minimum Gasteiger partial charge on any atom is -0.341 e. The van der Waals surface area contributed by atoms with Gasteiger partial charge in [0.25, 0.3) is 0 Å². The van der Waals surface area contributed by atoms with Crippen molar-refractivity contribution in [2.45, 2.75) is 62.9 Å². The van der Waals surface area contributed by atoms with Crippen LogP contribution in [0.15, 0.2) is 53.4 Å². The maximum absolute atomic E-state index is 13.4. The van der Waals surface area contributed by atoms with Gasteiger partial charge in [0.2, 0.25) is 21.8 Å². The summed E-state index contributed by atoms with van der Waals surface area (Å²) in [5, 5.41) is 0. The molecule has 2 aliphatic heterocycles. The van der Waals surface area contributed by atoms with Crippen LogP contribution in [0.25, 0.3) is 0 Å². The molecule has 2 aromatic carbocycles. The molecule has 2 aromatic rings. The SMILES string of the molecule is CC(=O)N1c2ccc(S(=O)(=O)NC(Cc3ccccc3)C(=O)N3CCCCC3)cc2CC1C. The van der Waals surface area contributed by atoms with Crippen molar-refractivity contribution in [3.05, 3.63) is 59.7 Å². The Morgan fingerprint density at radius 3 is 2.42 bits per heavy atom. The van der Waals surface area contributed by atoms with Gasteiger partial charge < -0.3 is 9.80 Å². The molecule has 0 radical (unpaired) electrons. The number of hydrogen-bond donors (Lipinski definition) is 1. The number of amides is 2. The fraction of sp³-hybridized carbons (Fsp3) is 0.440. The van der Waals surface area contributed by atoms with Crippen LogP contribution >= 0.6 is 0 Å². The fourth-order valence-corrected chi connectivity index (χ4v) is 6.11. The van der Waals surface area contributed by atoms with Crippen molar-refractivity contribution >= 4 is 27.5 Å². The molecular formula is C25H31N3O4S. The summed E-state index contributed by atoms with van der Waals surface area (Å²) in [4.78, 5) is 28.9. The first-order chi connectivity index (χ1) is 15.8. The summed E-state index contributed by atoms with van der Waals surface area (Å²) in [5.74, 6) is -0.246. The van der Waals surface area contributed by atoms with Crippen molar-refractivity contribution in [2.75, 3.05) is 18.0 Å². The fourth-order valence-electron chi connectivity index (χ4n) is 4.87. The number of carbonyl (C=O) groups is 2. The molecule has 0 saturated carbocycles. The third-order valence-corrected chi connectivity index (χ3v) is 7.93. The van der Waals surface area contributed by atoms with Gasteiger partial charge in [0.05, 0.1) is 4.90 Å². The molecule has 33 heavy (non-hydrogen) atoms. The summed E-state index contributed by atoms with van der Waals surface area (Å²) in [6.45, 7) is 4.77. The van der Waals surface area contributed by atoms with Gasteiger partial charge in [-0.1, -0.05) is 30.3 Å². The van der Waals surface area contributed by atoms with Gasteiger partial charge in [-0.15, -0.1) is 0 Å². The number of carbonyl (C=O) groups excluding carboxylic acids is 2. The van der Waals surface area contributed by atoms with Gasteiger partial charge >= 0.3 is 0 Å². The number of hydrogen-bond acceptors (Lipinski definition) is 4. The Balaban J connectivity index is 1.60. The van der Waals surface area contributed by atoms with Gasteiger partial charge in [0.1, 0.15) is 6.04 Å². The quantitative estimate of drug-likeness (QED) is 0.705. The van der Waals surface area contributed by atoms with Crippen LogP contribution in [0.5, 0.6) is 0 Å². The lowest BCUT2D eigenvalue weighted by Crippen LogP contribution is -2.50. The predicted octanol–water partition coefficient (Wildman–Crippen LogP) is 2.89. The molecule has 2 aliphatic rings. The van der Waals surface area contributed by atoms with Gasteiger partial charge in [-0.25, -0.2) is 8.42 Å². The molecular weight excluding hydrogens is 438 g/mol. The van der Waals surface area contributed by atoms with Crippen LogP contribution in [0.2, 0.25) is 0 Å². The van der Waals surface area contributed by atoms with E-state index in [9.17, 15) is 18.0 Å². The topological polar surface area (TPSA) is 86.8 Å². The van der Waals surface area contributed by atoms with E-state index in [-0.39, 0.29) is 29.2 Å². The summed E-state index contributed by atoms with van der Waals surface area (Å²) >= 11 is 0. The lowest BCUT2D eigenvalue weighted by Gasteiger charge is -2.30. The van der Waals surface area contributed by atoms with Crippen LogP contribution in [-0.4, -0.2) is 50.3 Å². The normalized spacial score (nSPS) is 19.3. The summed E-state index contributed by atoms with van der Waals surface area (Å²) in [5.41, 5.74) is 2.47. The maximum atomic E-state index is 13.4. The van der Waals surface area contributed by atoms with Gasteiger partial charge in [0.15, 0.2) is 0 Å². The molecule has 0 bridgehead atoms. The maximum Gasteiger partial charge on any atom is 0.241 e. The van der Waals surface area contributed by atoms with E-state index in [1.54, 1.807) is 21.9 Å². The van der Waals surface area contributed by atoms with E-state index in [0.717, 1.165) is 36.1 Å². The first-order valence-corrected chi connectivity index (χ1v) is 13.0. The van der Waals surface area contributed by atoms with Crippen molar-refractivity contribution in [2.24, 2.45) is 0 Å². The molecule has 1 saturated heterocycles. The predicted molar refractivity (Wildman–Crippen MR) is 127 cm³/mol. The van der Waals surface area contributed by atoms with Gasteiger partial charge in [-0.2, -0.15) is 4.72 Å². The average molecular weight is 470 g/mol. The Morgan fingerprint density at radius 2 is 1.76 bits per heavy atom. The largest absolute Gasteiger partial charge is 0.341 e. The van der Waals surface area contributed by atoms with Crippen LogP contribution in [0.3, 0.4) is 0 Å². The van der Waals surface area contributed by atoms with E-state index in [1.165, 1.54) is 13.0 Å². The van der Waals surface area contributed by atoms with Crippen LogP contribution in [-0.2, 0) is 32.5 Å². The number of fused-ring (bicyclic) bond motifs is 1. The van der Waals surface area contributed by atoms with E-state index in [0.29, 0.717) is 19.5 Å². The molecule has 2 heterocycles. The second kappa shape index (κ2) is 9.65. The molecule has 0 aliphatic carbocycles. The Hall–Kier alpha value is -2.71. The van der Waals surface area contributed by atoms with E-state index >= 15 is 0 Å². The molecule has 1 fully saturated rings.